The molecule has 1 aliphatic rings. The molecule has 1 saturated carbocycles. The second-order valence-electron chi connectivity index (χ2n) is 7.33. The van der Waals surface area contributed by atoms with Gasteiger partial charge in [-0.3, -0.25) is 4.79 Å². The van der Waals surface area contributed by atoms with Crippen molar-refractivity contribution in [1.29, 1.82) is 0 Å². The topological polar surface area (TPSA) is 80.3 Å². The van der Waals surface area contributed by atoms with E-state index in [1.54, 1.807) is 0 Å². The molecule has 1 heterocycles. The fraction of sp³-hybridized carbons (Fsp3) is 0.550. The normalized spacial score (nSPS) is 17.2. The molecule has 1 aliphatic carbocycles. The molecular weight excluding hydrogens is 394 g/mol. The van der Waals surface area contributed by atoms with Gasteiger partial charge in [0.15, 0.2) is 0 Å². The summed E-state index contributed by atoms with van der Waals surface area (Å²) in [6.07, 6.45) is 9.24. The van der Waals surface area contributed by atoms with Crippen LogP contribution in [0.5, 0.6) is 0 Å². The number of carbonyl (C=O) groups excluding carboxylic acids is 1. The molecule has 1 aromatic heterocycles. The van der Waals surface area contributed by atoms with Crippen LogP contribution in [0.1, 0.15) is 44.9 Å². The number of hydrogen-bond donors (Lipinski definition) is 3. The zero-order valence-electron chi connectivity index (χ0n) is 15.1. The number of halogens is 1. The molecule has 6 heteroatoms. The van der Waals surface area contributed by atoms with Crippen molar-refractivity contribution in [3.63, 3.8) is 0 Å². The Bertz CT molecular complexity index is 751. The number of nitrogens with one attached hydrogen (secondary N) is 1. The van der Waals surface area contributed by atoms with Crippen LogP contribution in [-0.4, -0.2) is 28.2 Å². The van der Waals surface area contributed by atoms with Crippen LogP contribution in [0.25, 0.3) is 10.9 Å². The van der Waals surface area contributed by atoms with Crippen LogP contribution in [0.2, 0.25) is 0 Å². The zero-order chi connectivity index (χ0) is 18.5. The van der Waals surface area contributed by atoms with Crippen LogP contribution in [0.3, 0.4) is 0 Å². The van der Waals surface area contributed by atoms with Crippen LogP contribution < -0.4 is 11.1 Å². The summed E-state index contributed by atoms with van der Waals surface area (Å²) in [5.74, 6) is 0.569. The van der Waals surface area contributed by atoms with Crippen molar-refractivity contribution >= 4 is 38.4 Å². The molecular formula is C20H28BrN3O2. The highest BCUT2D eigenvalue weighted by Crippen LogP contribution is 2.33. The number of benzene rings is 1. The molecule has 0 radical (unpaired) electrons. The van der Waals surface area contributed by atoms with Gasteiger partial charge < -0.3 is 20.7 Å². The van der Waals surface area contributed by atoms with Crippen LogP contribution in [0.15, 0.2) is 28.9 Å². The Kier molecular flexibility index (Phi) is 6.73. The summed E-state index contributed by atoms with van der Waals surface area (Å²) < 4.78 is 2.89. The molecule has 0 saturated heterocycles. The number of nitrogens with zero attached hydrogens (tertiary/aromatic N) is 1. The van der Waals surface area contributed by atoms with E-state index in [2.05, 4.69) is 21.2 Å². The van der Waals surface area contributed by atoms with E-state index in [1.165, 1.54) is 25.7 Å². The molecule has 4 N–H and O–H groups in total. The highest BCUT2D eigenvalue weighted by Gasteiger charge is 2.19. The van der Waals surface area contributed by atoms with Gasteiger partial charge in [-0.1, -0.05) is 47.7 Å². The lowest BCUT2D eigenvalue weighted by molar-refractivity contribution is -0.117. The lowest BCUT2D eigenvalue weighted by Gasteiger charge is -2.13. The smallest absolute Gasteiger partial charge is 0.224 e. The first kappa shape index (κ1) is 19.4. The number of fused-ring (bicyclic) bond motifs is 1. The van der Waals surface area contributed by atoms with Crippen molar-refractivity contribution in [2.45, 2.75) is 57.6 Å². The molecule has 1 atom stereocenters. The van der Waals surface area contributed by atoms with Crippen LogP contribution >= 0.6 is 15.9 Å². The van der Waals surface area contributed by atoms with Crippen molar-refractivity contribution < 1.29 is 9.90 Å². The van der Waals surface area contributed by atoms with Gasteiger partial charge in [0.1, 0.15) is 0 Å². The fourth-order valence-electron chi connectivity index (χ4n) is 3.89. The van der Waals surface area contributed by atoms with Crippen LogP contribution in [0, 0.1) is 5.92 Å². The summed E-state index contributed by atoms with van der Waals surface area (Å²) in [5.41, 5.74) is 7.31. The molecule has 1 amide bonds. The third-order valence-corrected chi connectivity index (χ3v) is 5.92. The van der Waals surface area contributed by atoms with E-state index in [0.717, 1.165) is 33.9 Å². The number of aliphatic hydroxyl groups excluding tert-OH is 1. The lowest BCUT2D eigenvalue weighted by atomic mass is 9.96. The number of anilines is 1. The maximum absolute atomic E-state index is 12.6. The van der Waals surface area contributed by atoms with Crippen molar-refractivity contribution in [3.8, 4) is 0 Å². The predicted octanol–water partition coefficient (Wildman–Crippen LogP) is 4.02. The second kappa shape index (κ2) is 9.02. The Morgan fingerprint density at radius 2 is 2.04 bits per heavy atom. The highest BCUT2D eigenvalue weighted by atomic mass is 79.9. The SMILES string of the molecule is NCC(O)Cn1cc(NC(=O)CC2CCCCCC2)c2c(Br)cccc21. The highest BCUT2D eigenvalue weighted by molar-refractivity contribution is 9.10. The first-order valence-electron chi connectivity index (χ1n) is 9.54. The third kappa shape index (κ3) is 4.67. The number of aromatic nitrogens is 1. The zero-order valence-corrected chi connectivity index (χ0v) is 16.7. The van der Waals surface area contributed by atoms with E-state index in [-0.39, 0.29) is 12.5 Å². The van der Waals surface area contributed by atoms with Crippen molar-refractivity contribution in [3.05, 3.63) is 28.9 Å². The third-order valence-electron chi connectivity index (χ3n) is 5.26. The minimum atomic E-state index is -0.612. The number of aliphatic hydroxyl groups is 1. The van der Waals surface area contributed by atoms with Crippen molar-refractivity contribution in [2.24, 2.45) is 11.7 Å². The molecule has 142 valence electrons. The summed E-state index contributed by atoms with van der Waals surface area (Å²) >= 11 is 3.59. The van der Waals surface area contributed by atoms with E-state index < -0.39 is 6.10 Å². The van der Waals surface area contributed by atoms with E-state index in [0.29, 0.717) is 18.9 Å². The van der Waals surface area contributed by atoms with E-state index in [1.807, 2.05) is 29.0 Å². The summed E-state index contributed by atoms with van der Waals surface area (Å²) in [6, 6.07) is 5.91. The molecule has 0 bridgehead atoms. The predicted molar refractivity (Wildman–Crippen MR) is 109 cm³/mol. The first-order chi connectivity index (χ1) is 12.6. The van der Waals surface area contributed by atoms with Gasteiger partial charge in [-0.15, -0.1) is 0 Å². The van der Waals surface area contributed by atoms with Crippen molar-refractivity contribution in [1.82, 2.24) is 4.57 Å². The minimum absolute atomic E-state index is 0.0751. The van der Waals surface area contributed by atoms with E-state index in [4.69, 9.17) is 5.73 Å². The molecule has 2 aromatic rings. The molecule has 0 aliphatic heterocycles. The maximum atomic E-state index is 12.6. The summed E-state index contributed by atoms with van der Waals surface area (Å²) in [5, 5.41) is 14.0. The monoisotopic (exact) mass is 421 g/mol. The number of carbonyl (C=O) groups is 1. The fourth-order valence-corrected chi connectivity index (χ4v) is 4.46. The Morgan fingerprint density at radius 1 is 1.31 bits per heavy atom. The molecule has 0 spiro atoms. The molecule has 5 nitrogen and oxygen atoms in total. The summed E-state index contributed by atoms with van der Waals surface area (Å²) in [4.78, 5) is 12.6. The van der Waals surface area contributed by atoms with E-state index in [9.17, 15) is 9.90 Å². The molecule has 26 heavy (non-hydrogen) atoms. The molecule has 1 fully saturated rings. The minimum Gasteiger partial charge on any atom is -0.390 e. The number of rotatable bonds is 6. The van der Waals surface area contributed by atoms with Crippen LogP contribution in [-0.2, 0) is 11.3 Å². The Labute approximate surface area is 163 Å². The number of amides is 1. The molecule has 1 unspecified atom stereocenters. The maximum Gasteiger partial charge on any atom is 0.224 e. The summed E-state index contributed by atoms with van der Waals surface area (Å²) in [6.45, 7) is 0.610. The van der Waals surface area contributed by atoms with Gasteiger partial charge in [0.05, 0.1) is 17.3 Å². The summed E-state index contributed by atoms with van der Waals surface area (Å²) in [7, 11) is 0. The average Bonchev–Trinajstić information content (AvgIpc) is 2.79. The Morgan fingerprint density at radius 3 is 2.73 bits per heavy atom. The molecule has 1 aromatic carbocycles. The van der Waals surface area contributed by atoms with Crippen LogP contribution in [0.4, 0.5) is 5.69 Å². The Balaban J connectivity index is 1.79. The van der Waals surface area contributed by atoms with Gasteiger partial charge in [0.25, 0.3) is 0 Å². The molecule has 3 rings (SSSR count). The van der Waals surface area contributed by atoms with Gasteiger partial charge in [0.2, 0.25) is 5.91 Å². The van der Waals surface area contributed by atoms with Gasteiger partial charge in [-0.25, -0.2) is 0 Å². The van der Waals surface area contributed by atoms with Gasteiger partial charge >= 0.3 is 0 Å². The van der Waals surface area contributed by atoms with Gasteiger partial charge in [-0.2, -0.15) is 0 Å². The van der Waals surface area contributed by atoms with Gasteiger partial charge in [-0.05, 0) is 30.9 Å². The number of hydrogen-bond acceptors (Lipinski definition) is 3. The largest absolute Gasteiger partial charge is 0.390 e. The van der Waals surface area contributed by atoms with Crippen molar-refractivity contribution in [2.75, 3.05) is 11.9 Å². The lowest BCUT2D eigenvalue weighted by Crippen LogP contribution is -2.24. The Hall–Kier alpha value is -1.37. The first-order valence-corrected chi connectivity index (χ1v) is 10.3. The quantitative estimate of drug-likeness (QED) is 0.615. The number of nitrogens with two attached hydrogens (primary N) is 1. The second-order valence-corrected chi connectivity index (χ2v) is 8.18. The standard InChI is InChI=1S/C20H28BrN3O2/c21-16-8-5-9-18-20(16)17(13-24(18)12-15(25)11-22)23-19(26)10-14-6-3-1-2-4-7-14/h5,8-9,13-15,25H,1-4,6-7,10-12,22H2,(H,23,26). The van der Waals surface area contributed by atoms with Gasteiger partial charge in [0, 0.05) is 35.6 Å². The average molecular weight is 422 g/mol. The van der Waals surface area contributed by atoms with E-state index >= 15 is 0 Å².